The van der Waals surface area contributed by atoms with E-state index < -0.39 is 6.10 Å². The number of hydrogen-bond acceptors (Lipinski definition) is 5. The van der Waals surface area contributed by atoms with Crippen molar-refractivity contribution in [2.75, 3.05) is 10.8 Å². The van der Waals surface area contributed by atoms with Crippen molar-refractivity contribution < 1.29 is 19.7 Å². The third kappa shape index (κ3) is 4.97. The van der Waals surface area contributed by atoms with Gasteiger partial charge in [-0.05, 0) is 61.2 Å². The van der Waals surface area contributed by atoms with Crippen LogP contribution in [0, 0.1) is 5.82 Å². The summed E-state index contributed by atoms with van der Waals surface area (Å²) in [6, 6.07) is 20.8. The summed E-state index contributed by atoms with van der Waals surface area (Å²) in [6.07, 6.45) is 1.62. The van der Waals surface area contributed by atoms with E-state index in [-0.39, 0.29) is 28.6 Å². The molecule has 162 valence electrons. The summed E-state index contributed by atoms with van der Waals surface area (Å²) in [5, 5.41) is 31.0. The van der Waals surface area contributed by atoms with E-state index in [0.717, 1.165) is 35.5 Å². The Morgan fingerprint density at radius 3 is 2.45 bits per heavy atom. The number of phenolic OH excluding ortho intramolecular Hbond substituents is 2. The highest BCUT2D eigenvalue weighted by Gasteiger charge is 2.37. The normalized spacial score (nSPS) is 19.5. The summed E-state index contributed by atoms with van der Waals surface area (Å²) in [5.41, 5.74) is 2.59. The highest BCUT2D eigenvalue weighted by atomic mass is 32.2. The number of aliphatic hydroxyl groups is 1. The predicted molar refractivity (Wildman–Crippen MR) is 123 cm³/mol. The zero-order valence-corrected chi connectivity index (χ0v) is 17.9. The third-order valence-electron chi connectivity index (χ3n) is 5.76. The highest BCUT2D eigenvalue weighted by molar-refractivity contribution is 8.00. The first kappa shape index (κ1) is 21.5. The SMILES string of the molecule is Oc1ccc(C2C(CCCC(O)c3ccc(F)cc3)SCN2c2ccccc2)c(O)c1. The second-order valence-electron chi connectivity index (χ2n) is 7.83. The predicted octanol–water partition coefficient (Wildman–Crippen LogP) is 5.76. The van der Waals surface area contributed by atoms with Gasteiger partial charge in [-0.15, -0.1) is 11.8 Å². The van der Waals surface area contributed by atoms with Crippen LogP contribution >= 0.6 is 11.8 Å². The van der Waals surface area contributed by atoms with Crippen molar-refractivity contribution in [2.24, 2.45) is 0 Å². The molecule has 3 N–H and O–H groups in total. The summed E-state index contributed by atoms with van der Waals surface area (Å²) >= 11 is 1.83. The van der Waals surface area contributed by atoms with Gasteiger partial charge < -0.3 is 20.2 Å². The lowest BCUT2D eigenvalue weighted by atomic mass is 9.95. The van der Waals surface area contributed by atoms with Gasteiger partial charge in [0.25, 0.3) is 0 Å². The fraction of sp³-hybridized carbons (Fsp3) is 0.280. The van der Waals surface area contributed by atoms with Crippen LogP contribution < -0.4 is 4.90 Å². The van der Waals surface area contributed by atoms with Crippen molar-refractivity contribution in [3.8, 4) is 11.5 Å². The number of aromatic hydroxyl groups is 2. The van der Waals surface area contributed by atoms with Crippen LogP contribution in [0.3, 0.4) is 0 Å². The molecule has 4 rings (SSSR count). The molecule has 0 amide bonds. The lowest BCUT2D eigenvalue weighted by Crippen LogP contribution is -2.27. The van der Waals surface area contributed by atoms with Gasteiger partial charge in [0.2, 0.25) is 0 Å². The zero-order chi connectivity index (χ0) is 21.8. The molecule has 0 aliphatic carbocycles. The summed E-state index contributed by atoms with van der Waals surface area (Å²) < 4.78 is 13.1. The molecule has 1 fully saturated rings. The van der Waals surface area contributed by atoms with Crippen molar-refractivity contribution in [1.82, 2.24) is 0 Å². The van der Waals surface area contributed by atoms with Gasteiger partial charge in [-0.2, -0.15) is 0 Å². The maximum atomic E-state index is 13.1. The molecule has 3 aromatic rings. The average Bonchev–Trinajstić information content (AvgIpc) is 3.18. The number of hydrogen-bond donors (Lipinski definition) is 3. The topological polar surface area (TPSA) is 63.9 Å². The highest BCUT2D eigenvalue weighted by Crippen LogP contribution is 2.47. The van der Waals surface area contributed by atoms with Crippen LogP contribution in [0.4, 0.5) is 10.1 Å². The van der Waals surface area contributed by atoms with E-state index in [1.807, 2.05) is 30.0 Å². The fourth-order valence-corrected chi connectivity index (χ4v) is 5.63. The molecule has 4 nitrogen and oxygen atoms in total. The van der Waals surface area contributed by atoms with E-state index >= 15 is 0 Å². The molecule has 3 atom stereocenters. The molecule has 31 heavy (non-hydrogen) atoms. The quantitative estimate of drug-likeness (QED) is 0.437. The molecule has 1 heterocycles. The van der Waals surface area contributed by atoms with Crippen LogP contribution in [-0.2, 0) is 0 Å². The first-order valence-electron chi connectivity index (χ1n) is 10.4. The Kier molecular flexibility index (Phi) is 6.68. The Morgan fingerprint density at radius 2 is 1.74 bits per heavy atom. The Morgan fingerprint density at radius 1 is 1.00 bits per heavy atom. The fourth-order valence-electron chi connectivity index (χ4n) is 4.16. The smallest absolute Gasteiger partial charge is 0.124 e. The molecule has 6 heteroatoms. The number of halogens is 1. The van der Waals surface area contributed by atoms with E-state index in [4.69, 9.17) is 0 Å². The second kappa shape index (κ2) is 9.62. The minimum atomic E-state index is -0.627. The van der Waals surface area contributed by atoms with Crippen molar-refractivity contribution >= 4 is 17.4 Å². The molecule has 1 aliphatic heterocycles. The van der Waals surface area contributed by atoms with Crippen LogP contribution in [0.1, 0.15) is 42.5 Å². The summed E-state index contributed by atoms with van der Waals surface area (Å²) in [4.78, 5) is 2.28. The molecule has 3 unspecified atom stereocenters. The first-order valence-corrected chi connectivity index (χ1v) is 11.5. The van der Waals surface area contributed by atoms with Gasteiger partial charge in [0.15, 0.2) is 0 Å². The summed E-state index contributed by atoms with van der Waals surface area (Å²) in [6.45, 7) is 0. The molecule has 0 spiro atoms. The minimum absolute atomic E-state index is 0.0390. The molecule has 0 saturated carbocycles. The molecular weight excluding hydrogens is 413 g/mol. The number of para-hydroxylation sites is 1. The molecule has 3 aromatic carbocycles. The van der Waals surface area contributed by atoms with Gasteiger partial charge in [-0.25, -0.2) is 4.39 Å². The van der Waals surface area contributed by atoms with Gasteiger partial charge in [-0.1, -0.05) is 30.3 Å². The Balaban J connectivity index is 1.49. The van der Waals surface area contributed by atoms with E-state index in [9.17, 15) is 19.7 Å². The third-order valence-corrected chi connectivity index (χ3v) is 7.11. The molecule has 1 saturated heterocycles. The largest absolute Gasteiger partial charge is 0.508 e. The van der Waals surface area contributed by atoms with Crippen LogP contribution in [0.2, 0.25) is 0 Å². The van der Waals surface area contributed by atoms with Crippen LogP contribution in [0.25, 0.3) is 0 Å². The minimum Gasteiger partial charge on any atom is -0.508 e. The monoisotopic (exact) mass is 439 g/mol. The average molecular weight is 440 g/mol. The van der Waals surface area contributed by atoms with Crippen molar-refractivity contribution in [1.29, 1.82) is 0 Å². The van der Waals surface area contributed by atoms with Gasteiger partial charge in [0.1, 0.15) is 17.3 Å². The van der Waals surface area contributed by atoms with Gasteiger partial charge >= 0.3 is 0 Å². The summed E-state index contributed by atoms with van der Waals surface area (Å²) in [7, 11) is 0. The lowest BCUT2D eigenvalue weighted by molar-refractivity contribution is 0.163. The number of rotatable bonds is 7. The van der Waals surface area contributed by atoms with Gasteiger partial charge in [0.05, 0.1) is 18.0 Å². The standard InChI is InChI=1S/C25H26FNO3S/c26-18-11-9-17(10-12-18)22(29)7-4-8-24-25(21-14-13-20(28)15-23(21)30)27(16-31-24)19-5-2-1-3-6-19/h1-3,5-6,9-15,22,24-25,28-30H,4,7-8,16H2. The molecular formula is C25H26FNO3S. The van der Waals surface area contributed by atoms with Gasteiger partial charge in [-0.3, -0.25) is 0 Å². The van der Waals surface area contributed by atoms with Crippen LogP contribution in [0.5, 0.6) is 11.5 Å². The van der Waals surface area contributed by atoms with Gasteiger partial charge in [0, 0.05) is 22.6 Å². The number of phenols is 2. The van der Waals surface area contributed by atoms with Crippen molar-refractivity contribution in [2.45, 2.75) is 36.7 Å². The Labute approximate surface area is 186 Å². The van der Waals surface area contributed by atoms with E-state index in [1.165, 1.54) is 18.2 Å². The van der Waals surface area contributed by atoms with E-state index in [0.29, 0.717) is 6.42 Å². The first-order chi connectivity index (χ1) is 15.0. The Bertz CT molecular complexity index is 999. The van der Waals surface area contributed by atoms with Crippen LogP contribution in [0.15, 0.2) is 72.8 Å². The number of anilines is 1. The maximum absolute atomic E-state index is 13.1. The van der Waals surface area contributed by atoms with E-state index in [2.05, 4.69) is 17.0 Å². The molecule has 1 aliphatic rings. The van der Waals surface area contributed by atoms with E-state index in [1.54, 1.807) is 24.3 Å². The molecule has 0 radical (unpaired) electrons. The lowest BCUT2D eigenvalue weighted by Gasteiger charge is -2.30. The van der Waals surface area contributed by atoms with Crippen LogP contribution in [-0.4, -0.2) is 26.4 Å². The van der Waals surface area contributed by atoms with Crippen molar-refractivity contribution in [3.63, 3.8) is 0 Å². The molecule has 0 aromatic heterocycles. The zero-order valence-electron chi connectivity index (χ0n) is 17.1. The Hall–Kier alpha value is -2.70. The number of benzene rings is 3. The number of thioether (sulfide) groups is 1. The molecule has 0 bridgehead atoms. The summed E-state index contributed by atoms with van der Waals surface area (Å²) in [5.74, 6) is 0.609. The number of aliphatic hydroxyl groups excluding tert-OH is 1. The second-order valence-corrected chi connectivity index (χ2v) is 9.02. The number of nitrogens with zero attached hydrogens (tertiary/aromatic N) is 1. The van der Waals surface area contributed by atoms with Crippen molar-refractivity contribution in [3.05, 3.63) is 89.7 Å². The maximum Gasteiger partial charge on any atom is 0.124 e.